The third-order valence-electron chi connectivity index (χ3n) is 2.81. The Balaban J connectivity index is 2.68. The molecule has 0 aromatic heterocycles. The molecule has 4 N–H and O–H groups in total. The minimum absolute atomic E-state index is 0.190. The Hall–Kier alpha value is -2.12. The van der Waals surface area contributed by atoms with Crippen LogP contribution in [0.2, 0.25) is 0 Å². The van der Waals surface area contributed by atoms with Crippen LogP contribution >= 0.6 is 0 Å². The molecule has 1 rings (SSSR count). The Morgan fingerprint density at radius 2 is 1.83 bits per heavy atom. The number of nitrogens with one attached hydrogen (secondary N) is 2. The number of aliphatic hydroxyl groups excluding tert-OH is 2. The Labute approximate surface area is 135 Å². The van der Waals surface area contributed by atoms with Gasteiger partial charge in [0.15, 0.2) is 0 Å². The zero-order valence-corrected chi connectivity index (χ0v) is 13.8. The van der Waals surface area contributed by atoms with Gasteiger partial charge in [0.2, 0.25) is 5.91 Å². The summed E-state index contributed by atoms with van der Waals surface area (Å²) < 4.78 is 5.05. The van der Waals surface area contributed by atoms with Crippen LogP contribution in [0.25, 0.3) is 0 Å². The predicted molar refractivity (Wildman–Crippen MR) is 85.9 cm³/mol. The maximum Gasteiger partial charge on any atom is 0.407 e. The number of para-hydroxylation sites is 1. The van der Waals surface area contributed by atoms with Gasteiger partial charge in [0.05, 0.1) is 0 Å². The summed E-state index contributed by atoms with van der Waals surface area (Å²) in [6, 6.07) is 6.59. The van der Waals surface area contributed by atoms with Gasteiger partial charge in [0.1, 0.15) is 17.8 Å². The second kappa shape index (κ2) is 7.94. The van der Waals surface area contributed by atoms with Crippen molar-refractivity contribution in [1.29, 1.82) is 0 Å². The predicted octanol–water partition coefficient (Wildman–Crippen LogP) is 1.56. The molecule has 1 aromatic carbocycles. The van der Waals surface area contributed by atoms with Crippen molar-refractivity contribution in [3.8, 4) is 0 Å². The molecule has 23 heavy (non-hydrogen) atoms. The van der Waals surface area contributed by atoms with Crippen LogP contribution < -0.4 is 10.6 Å². The fourth-order valence-corrected chi connectivity index (χ4v) is 1.88. The van der Waals surface area contributed by atoms with Gasteiger partial charge >= 0.3 is 6.09 Å². The van der Waals surface area contributed by atoms with Crippen molar-refractivity contribution in [3.63, 3.8) is 0 Å². The zero-order valence-electron chi connectivity index (χ0n) is 13.8. The highest BCUT2D eigenvalue weighted by Crippen LogP contribution is 2.25. The fourth-order valence-electron chi connectivity index (χ4n) is 1.88. The lowest BCUT2D eigenvalue weighted by atomic mass is 10.0. The highest BCUT2D eigenvalue weighted by Gasteiger charge is 2.23. The number of aliphatic hydroxyl groups is 2. The fraction of sp³-hybridized carbons (Fsp3) is 0.500. The number of ether oxygens (including phenoxy) is 1. The summed E-state index contributed by atoms with van der Waals surface area (Å²) in [7, 11) is 0. The first-order valence-corrected chi connectivity index (χ1v) is 7.29. The van der Waals surface area contributed by atoms with Crippen LogP contribution in [0.1, 0.15) is 39.4 Å². The lowest BCUT2D eigenvalue weighted by Crippen LogP contribution is -2.39. The lowest BCUT2D eigenvalue weighted by molar-refractivity contribution is -0.114. The number of amides is 2. The number of benzene rings is 1. The van der Waals surface area contributed by atoms with Crippen LogP contribution in [0.4, 0.5) is 10.5 Å². The van der Waals surface area contributed by atoms with Crippen LogP contribution in [-0.4, -0.2) is 40.5 Å². The molecule has 7 heteroatoms. The van der Waals surface area contributed by atoms with Gasteiger partial charge in [-0.05, 0) is 26.8 Å². The molecule has 0 spiro atoms. The molecular weight excluding hydrogens is 300 g/mol. The van der Waals surface area contributed by atoms with Gasteiger partial charge in [-0.3, -0.25) is 4.79 Å². The Kier molecular flexibility index (Phi) is 6.53. The molecule has 2 amide bonds. The molecule has 0 bridgehead atoms. The first-order chi connectivity index (χ1) is 10.6. The van der Waals surface area contributed by atoms with Crippen LogP contribution in [-0.2, 0) is 9.53 Å². The summed E-state index contributed by atoms with van der Waals surface area (Å²) in [5.74, 6) is -0.286. The highest BCUT2D eigenvalue weighted by atomic mass is 16.6. The molecule has 7 nitrogen and oxygen atoms in total. The van der Waals surface area contributed by atoms with E-state index in [0.717, 1.165) is 0 Å². The normalized spacial score (nSPS) is 13.8. The topological polar surface area (TPSA) is 108 Å². The lowest BCUT2D eigenvalue weighted by Gasteiger charge is -2.23. The first-order valence-electron chi connectivity index (χ1n) is 7.29. The number of hydrogen-bond donors (Lipinski definition) is 4. The van der Waals surface area contributed by atoms with E-state index >= 15 is 0 Å². The Bertz CT molecular complexity index is 554. The second-order valence-corrected chi connectivity index (χ2v) is 6.16. The molecule has 0 saturated heterocycles. The van der Waals surface area contributed by atoms with Gasteiger partial charge in [0, 0.05) is 24.7 Å². The third kappa shape index (κ3) is 6.66. The van der Waals surface area contributed by atoms with Gasteiger partial charge in [-0.2, -0.15) is 0 Å². The van der Waals surface area contributed by atoms with E-state index in [1.54, 1.807) is 45.0 Å². The van der Waals surface area contributed by atoms with E-state index in [4.69, 9.17) is 4.74 Å². The van der Waals surface area contributed by atoms with Crippen molar-refractivity contribution in [1.82, 2.24) is 5.32 Å². The molecule has 0 aliphatic heterocycles. The molecule has 0 aliphatic carbocycles. The smallest absolute Gasteiger partial charge is 0.407 e. The van der Waals surface area contributed by atoms with Gasteiger partial charge in [0.25, 0.3) is 0 Å². The summed E-state index contributed by atoms with van der Waals surface area (Å²) >= 11 is 0. The van der Waals surface area contributed by atoms with Gasteiger partial charge in [-0.1, -0.05) is 18.2 Å². The van der Waals surface area contributed by atoms with Gasteiger partial charge < -0.3 is 25.6 Å². The number of alkyl carbamates (subject to hydrolysis) is 1. The molecule has 0 radical (unpaired) electrons. The van der Waals surface area contributed by atoms with Crippen LogP contribution in [0.15, 0.2) is 24.3 Å². The van der Waals surface area contributed by atoms with Crippen LogP contribution in [0.3, 0.4) is 0 Å². The van der Waals surface area contributed by atoms with Gasteiger partial charge in [-0.25, -0.2) is 4.79 Å². The van der Waals surface area contributed by atoms with Crippen molar-refractivity contribution in [3.05, 3.63) is 29.8 Å². The third-order valence-corrected chi connectivity index (χ3v) is 2.81. The van der Waals surface area contributed by atoms with E-state index in [9.17, 15) is 19.8 Å². The molecular formula is C16H24N2O5. The molecule has 0 aliphatic rings. The molecule has 0 heterocycles. The van der Waals surface area contributed by atoms with Crippen molar-refractivity contribution in [2.75, 3.05) is 11.9 Å². The average Bonchev–Trinajstić information content (AvgIpc) is 2.42. The summed E-state index contributed by atoms with van der Waals surface area (Å²) in [6.45, 7) is 6.33. The van der Waals surface area contributed by atoms with Crippen molar-refractivity contribution in [2.24, 2.45) is 0 Å². The van der Waals surface area contributed by atoms with E-state index in [1.165, 1.54) is 6.92 Å². The van der Waals surface area contributed by atoms with E-state index in [-0.39, 0.29) is 12.5 Å². The summed E-state index contributed by atoms with van der Waals surface area (Å²) in [4.78, 5) is 22.7. The van der Waals surface area contributed by atoms with E-state index in [1.807, 2.05) is 0 Å². The molecule has 2 atom stereocenters. The molecule has 1 aromatic rings. The summed E-state index contributed by atoms with van der Waals surface area (Å²) in [5, 5.41) is 25.3. The average molecular weight is 324 g/mol. The first kappa shape index (κ1) is 18.9. The van der Waals surface area contributed by atoms with E-state index in [2.05, 4.69) is 10.6 Å². The number of carbonyl (C=O) groups excluding carboxylic acids is 2. The maximum absolute atomic E-state index is 11.6. The number of carbonyl (C=O) groups is 2. The van der Waals surface area contributed by atoms with Crippen LogP contribution in [0.5, 0.6) is 0 Å². The summed E-state index contributed by atoms with van der Waals surface area (Å²) in [5.41, 5.74) is 0.121. The SMILES string of the molecule is CC(=O)Nc1ccccc1C(O)C(O)CNC(=O)OC(C)(C)C. The largest absolute Gasteiger partial charge is 0.444 e. The minimum Gasteiger partial charge on any atom is -0.444 e. The maximum atomic E-state index is 11.6. The Morgan fingerprint density at radius 3 is 2.39 bits per heavy atom. The number of hydrogen-bond acceptors (Lipinski definition) is 5. The quantitative estimate of drug-likeness (QED) is 0.657. The standard InChI is InChI=1S/C16H24N2O5/c1-10(19)18-12-8-6-5-7-11(12)14(21)13(20)9-17-15(22)23-16(2,3)4/h5-8,13-14,20-21H,9H2,1-4H3,(H,17,22)(H,18,19). The van der Waals surface area contributed by atoms with Gasteiger partial charge in [-0.15, -0.1) is 0 Å². The second-order valence-electron chi connectivity index (χ2n) is 6.16. The van der Waals surface area contributed by atoms with Crippen LogP contribution in [0, 0.1) is 0 Å². The minimum atomic E-state index is -1.27. The molecule has 2 unspecified atom stereocenters. The number of rotatable bonds is 5. The number of anilines is 1. The van der Waals surface area contributed by atoms with E-state index < -0.39 is 23.9 Å². The van der Waals surface area contributed by atoms with Crippen molar-refractivity contribution in [2.45, 2.75) is 45.5 Å². The monoisotopic (exact) mass is 324 g/mol. The van der Waals surface area contributed by atoms with E-state index in [0.29, 0.717) is 11.3 Å². The van der Waals surface area contributed by atoms with Crippen molar-refractivity contribution >= 4 is 17.7 Å². The molecule has 0 fully saturated rings. The zero-order chi connectivity index (χ0) is 17.6. The van der Waals surface area contributed by atoms with Crippen molar-refractivity contribution < 1.29 is 24.5 Å². The Morgan fingerprint density at radius 1 is 1.22 bits per heavy atom. The molecule has 0 saturated carbocycles. The summed E-state index contributed by atoms with van der Waals surface area (Å²) in [6.07, 6.45) is -3.20. The highest BCUT2D eigenvalue weighted by molar-refractivity contribution is 5.89. The molecule has 128 valence electrons.